The summed E-state index contributed by atoms with van der Waals surface area (Å²) in [6.07, 6.45) is 12.8. The van der Waals surface area contributed by atoms with Gasteiger partial charge in [-0.05, 0) is 87.6 Å². The van der Waals surface area contributed by atoms with E-state index in [2.05, 4.69) is 25.0 Å². The Morgan fingerprint density at radius 3 is 2.19 bits per heavy atom. The van der Waals surface area contributed by atoms with Crippen molar-refractivity contribution in [2.24, 2.45) is 29.6 Å². The van der Waals surface area contributed by atoms with E-state index in [0.29, 0.717) is 18.5 Å². The fourth-order valence-electron chi connectivity index (χ4n) is 6.54. The van der Waals surface area contributed by atoms with E-state index in [-0.39, 0.29) is 5.91 Å². The second-order valence-electron chi connectivity index (χ2n) is 9.40. The standard InChI is InChI=1S/C20H31N5O/c26-19(23-20-17-6-15-5-16(8-17)9-18(20)7-15)11-24-3-1-14(2-4-24)10-25-12-21-22-13-25/h12-18,20H,1-11H2,(H,23,26). The SMILES string of the molecule is O=C(CN1CCC(Cn2cnnc2)CC1)NC1C2CC3CC(C2)CC1C3. The molecule has 1 aromatic heterocycles. The summed E-state index contributed by atoms with van der Waals surface area (Å²) in [5.74, 6) is 4.41. The quantitative estimate of drug-likeness (QED) is 0.875. The third kappa shape index (κ3) is 3.40. The highest BCUT2D eigenvalue weighted by atomic mass is 16.2. The molecule has 4 saturated carbocycles. The van der Waals surface area contributed by atoms with Crippen LogP contribution in [-0.4, -0.2) is 51.2 Å². The van der Waals surface area contributed by atoms with E-state index in [1.807, 2.05) is 0 Å². The summed E-state index contributed by atoms with van der Waals surface area (Å²) in [5, 5.41) is 11.2. The highest BCUT2D eigenvalue weighted by Crippen LogP contribution is 2.53. The molecule has 1 amide bonds. The lowest BCUT2D eigenvalue weighted by atomic mass is 9.54. The predicted molar refractivity (Wildman–Crippen MR) is 98.2 cm³/mol. The number of nitrogens with one attached hydrogen (secondary N) is 1. The number of carbonyl (C=O) groups excluding carboxylic acids is 1. The van der Waals surface area contributed by atoms with Crippen molar-refractivity contribution in [3.05, 3.63) is 12.7 Å². The fraction of sp³-hybridized carbons (Fsp3) is 0.850. The van der Waals surface area contributed by atoms with E-state index in [0.717, 1.165) is 56.1 Å². The van der Waals surface area contributed by atoms with Gasteiger partial charge in [-0.1, -0.05) is 0 Å². The Morgan fingerprint density at radius 2 is 1.58 bits per heavy atom. The third-order valence-electron chi connectivity index (χ3n) is 7.56. The Kier molecular flexibility index (Phi) is 4.47. The van der Waals surface area contributed by atoms with Gasteiger partial charge in [0.25, 0.3) is 0 Å². The lowest BCUT2D eigenvalue weighted by Crippen LogP contribution is -2.57. The van der Waals surface area contributed by atoms with Gasteiger partial charge >= 0.3 is 0 Å². The molecule has 0 unspecified atom stereocenters. The zero-order chi connectivity index (χ0) is 17.5. The predicted octanol–water partition coefficient (Wildman–Crippen LogP) is 1.93. The molecule has 1 aliphatic heterocycles. The molecule has 4 aliphatic carbocycles. The number of amides is 1. The molecule has 5 fully saturated rings. The molecule has 1 saturated heterocycles. The van der Waals surface area contributed by atoms with Gasteiger partial charge in [-0.2, -0.15) is 0 Å². The molecule has 6 rings (SSSR count). The van der Waals surface area contributed by atoms with Crippen molar-refractivity contribution in [3.63, 3.8) is 0 Å². The van der Waals surface area contributed by atoms with Crippen LogP contribution in [0.2, 0.25) is 0 Å². The number of hydrogen-bond donors (Lipinski definition) is 1. The smallest absolute Gasteiger partial charge is 0.234 e. The molecule has 6 heteroatoms. The molecule has 142 valence electrons. The van der Waals surface area contributed by atoms with E-state index in [4.69, 9.17) is 0 Å². The van der Waals surface area contributed by atoms with Gasteiger partial charge in [0.05, 0.1) is 6.54 Å². The maximum Gasteiger partial charge on any atom is 0.234 e. The maximum absolute atomic E-state index is 12.7. The van der Waals surface area contributed by atoms with Gasteiger partial charge in [0.1, 0.15) is 12.7 Å². The molecule has 0 aromatic carbocycles. The first-order chi connectivity index (χ1) is 12.7. The van der Waals surface area contributed by atoms with Crippen LogP contribution in [0.25, 0.3) is 0 Å². The van der Waals surface area contributed by atoms with Gasteiger partial charge in [-0.15, -0.1) is 10.2 Å². The fourth-order valence-corrected chi connectivity index (χ4v) is 6.54. The summed E-state index contributed by atoms with van der Waals surface area (Å²) in [5.41, 5.74) is 0. The largest absolute Gasteiger partial charge is 0.352 e. The van der Waals surface area contributed by atoms with E-state index in [1.54, 1.807) is 12.7 Å². The Hall–Kier alpha value is -1.43. The van der Waals surface area contributed by atoms with Gasteiger partial charge in [0.15, 0.2) is 0 Å². The van der Waals surface area contributed by atoms with Crippen LogP contribution in [-0.2, 0) is 11.3 Å². The van der Waals surface area contributed by atoms with Crippen molar-refractivity contribution < 1.29 is 4.79 Å². The molecule has 2 heterocycles. The molecule has 6 nitrogen and oxygen atoms in total. The highest BCUT2D eigenvalue weighted by Gasteiger charge is 2.48. The molecular formula is C20H31N5O. The van der Waals surface area contributed by atoms with Crippen molar-refractivity contribution in [2.45, 2.75) is 57.5 Å². The summed E-state index contributed by atoms with van der Waals surface area (Å²) < 4.78 is 2.07. The van der Waals surface area contributed by atoms with Crippen LogP contribution in [0.4, 0.5) is 0 Å². The van der Waals surface area contributed by atoms with E-state index in [9.17, 15) is 4.79 Å². The van der Waals surface area contributed by atoms with E-state index in [1.165, 1.54) is 32.1 Å². The highest BCUT2D eigenvalue weighted by molar-refractivity contribution is 5.78. The molecule has 0 radical (unpaired) electrons. The van der Waals surface area contributed by atoms with Gasteiger partial charge in [-0.25, -0.2) is 0 Å². The van der Waals surface area contributed by atoms with Crippen molar-refractivity contribution >= 4 is 5.91 Å². The maximum atomic E-state index is 12.7. The van der Waals surface area contributed by atoms with Crippen LogP contribution in [0.3, 0.4) is 0 Å². The van der Waals surface area contributed by atoms with Crippen molar-refractivity contribution in [1.29, 1.82) is 0 Å². The lowest BCUT2D eigenvalue weighted by molar-refractivity contribution is -0.126. The third-order valence-corrected chi connectivity index (χ3v) is 7.56. The van der Waals surface area contributed by atoms with Gasteiger partial charge in [0.2, 0.25) is 5.91 Å². The Balaban J connectivity index is 1.08. The molecular weight excluding hydrogens is 326 g/mol. The van der Waals surface area contributed by atoms with Crippen molar-refractivity contribution in [3.8, 4) is 0 Å². The first-order valence-corrected chi connectivity index (χ1v) is 10.6. The number of likely N-dealkylation sites (tertiary alicyclic amines) is 1. The first-order valence-electron chi connectivity index (χ1n) is 10.6. The Labute approximate surface area is 155 Å². The van der Waals surface area contributed by atoms with Crippen LogP contribution in [0.5, 0.6) is 0 Å². The van der Waals surface area contributed by atoms with Crippen LogP contribution in [0.15, 0.2) is 12.7 Å². The number of aromatic nitrogens is 3. The van der Waals surface area contributed by atoms with Crippen molar-refractivity contribution in [1.82, 2.24) is 25.0 Å². The van der Waals surface area contributed by atoms with Gasteiger partial charge in [0, 0.05) is 12.6 Å². The first kappa shape index (κ1) is 16.7. The Bertz CT molecular complexity index is 594. The average molecular weight is 358 g/mol. The molecule has 0 atom stereocenters. The molecule has 1 aromatic rings. The van der Waals surface area contributed by atoms with Crippen LogP contribution in [0.1, 0.15) is 44.9 Å². The number of hydrogen-bond acceptors (Lipinski definition) is 4. The number of piperidine rings is 1. The zero-order valence-electron chi connectivity index (χ0n) is 15.6. The zero-order valence-corrected chi connectivity index (χ0v) is 15.6. The van der Waals surface area contributed by atoms with Gasteiger partial charge in [-0.3, -0.25) is 9.69 Å². The number of nitrogens with zero attached hydrogens (tertiary/aromatic N) is 4. The van der Waals surface area contributed by atoms with Crippen molar-refractivity contribution in [2.75, 3.05) is 19.6 Å². The van der Waals surface area contributed by atoms with Crippen LogP contribution in [0, 0.1) is 29.6 Å². The summed E-state index contributed by atoms with van der Waals surface area (Å²) in [4.78, 5) is 15.0. The van der Waals surface area contributed by atoms with E-state index >= 15 is 0 Å². The molecule has 4 bridgehead atoms. The van der Waals surface area contributed by atoms with Crippen LogP contribution >= 0.6 is 0 Å². The summed E-state index contributed by atoms with van der Waals surface area (Å²) in [6.45, 7) is 3.65. The minimum Gasteiger partial charge on any atom is -0.352 e. The number of rotatable bonds is 5. The monoisotopic (exact) mass is 357 g/mol. The Morgan fingerprint density at radius 1 is 0.962 bits per heavy atom. The normalized spacial score (nSPS) is 37.2. The van der Waals surface area contributed by atoms with E-state index < -0.39 is 0 Å². The second kappa shape index (κ2) is 6.95. The minimum atomic E-state index is 0.264. The lowest BCUT2D eigenvalue weighted by Gasteiger charge is -2.54. The molecule has 5 aliphatic rings. The number of carbonyl (C=O) groups is 1. The van der Waals surface area contributed by atoms with Crippen LogP contribution < -0.4 is 5.32 Å². The summed E-state index contributed by atoms with van der Waals surface area (Å²) in [7, 11) is 0. The summed E-state index contributed by atoms with van der Waals surface area (Å²) >= 11 is 0. The topological polar surface area (TPSA) is 63.1 Å². The average Bonchev–Trinajstić information content (AvgIpc) is 3.12. The molecule has 26 heavy (non-hydrogen) atoms. The minimum absolute atomic E-state index is 0.264. The second-order valence-corrected chi connectivity index (χ2v) is 9.40. The molecule has 1 N–H and O–H groups in total. The van der Waals surface area contributed by atoms with Gasteiger partial charge < -0.3 is 9.88 Å². The summed E-state index contributed by atoms with van der Waals surface area (Å²) in [6, 6.07) is 0.474. The molecule has 0 spiro atoms.